The molecule has 0 fully saturated rings. The minimum absolute atomic E-state index is 0.307. The lowest BCUT2D eigenvalue weighted by Gasteiger charge is -2.08. The van der Waals surface area contributed by atoms with Crippen molar-refractivity contribution in [2.45, 2.75) is 90.3 Å². The number of unbranched alkanes of at least 4 members (excludes halogenated alkanes) is 8. The normalized spacial score (nSPS) is 13.0. The van der Waals surface area contributed by atoms with Gasteiger partial charge in [0.1, 0.15) is 6.61 Å². The number of ether oxygens (including phenoxy) is 1. The van der Waals surface area contributed by atoms with Crippen LogP contribution in [0.4, 0.5) is 0 Å². The third-order valence-electron chi connectivity index (χ3n) is 3.76. The van der Waals surface area contributed by atoms with E-state index in [2.05, 4.69) is 36.0 Å². The van der Waals surface area contributed by atoms with Gasteiger partial charge in [-0.1, -0.05) is 63.3 Å². The van der Waals surface area contributed by atoms with Gasteiger partial charge >= 0.3 is 5.97 Å². The Balaban J connectivity index is 3.30. The Labute approximate surface area is 147 Å². The molecule has 0 saturated carbocycles. The van der Waals surface area contributed by atoms with Gasteiger partial charge in [-0.2, -0.15) is 0 Å². The second kappa shape index (κ2) is 18.2. The summed E-state index contributed by atoms with van der Waals surface area (Å²) in [4.78, 5) is 11.2. The summed E-state index contributed by atoms with van der Waals surface area (Å²) < 4.78 is 4.57. The fraction of sp³-hybridized carbons (Fsp3) is 0.750. The van der Waals surface area contributed by atoms with Gasteiger partial charge in [0.05, 0.1) is 0 Å². The summed E-state index contributed by atoms with van der Waals surface area (Å²) in [6, 6.07) is 0. The van der Waals surface area contributed by atoms with Crippen LogP contribution in [0.15, 0.2) is 24.3 Å². The number of carbonyl (C=O) groups is 1. The molecule has 1 unspecified atom stereocenters. The first-order chi connectivity index (χ1) is 11.7. The molecule has 0 aliphatic rings. The maximum absolute atomic E-state index is 11.2. The molecule has 0 aromatic heterocycles. The van der Waals surface area contributed by atoms with Crippen molar-refractivity contribution in [3.05, 3.63) is 24.3 Å². The van der Waals surface area contributed by atoms with E-state index in [0.717, 1.165) is 32.1 Å². The fourth-order valence-corrected chi connectivity index (χ4v) is 2.33. The Hall–Kier alpha value is -1.13. The van der Waals surface area contributed by atoms with Gasteiger partial charge in [-0.15, -0.1) is 0 Å². The van der Waals surface area contributed by atoms with E-state index >= 15 is 0 Å². The highest BCUT2D eigenvalue weighted by Crippen LogP contribution is 2.09. The summed E-state index contributed by atoms with van der Waals surface area (Å²) in [6.07, 6.45) is 20.5. The van der Waals surface area contributed by atoms with Crippen LogP contribution in [0, 0.1) is 0 Å². The molecule has 0 heterocycles. The first-order valence-electron chi connectivity index (χ1n) is 9.49. The molecule has 0 radical (unpaired) electrons. The number of carbonyl (C=O) groups excluding carboxylic acids is 1. The van der Waals surface area contributed by atoms with Gasteiger partial charge in [-0.3, -0.25) is 4.79 Å². The summed E-state index contributed by atoms with van der Waals surface area (Å²) in [6.45, 7) is 1.68. The molecular formula is C20H36O4. The van der Waals surface area contributed by atoms with Crippen LogP contribution in [-0.4, -0.2) is 29.1 Å². The summed E-state index contributed by atoms with van der Waals surface area (Å²) in [5.41, 5.74) is 0. The van der Waals surface area contributed by atoms with Crippen LogP contribution in [0.25, 0.3) is 0 Å². The van der Waals surface area contributed by atoms with Crippen molar-refractivity contribution in [1.82, 2.24) is 0 Å². The van der Waals surface area contributed by atoms with Gasteiger partial charge < -0.3 is 14.9 Å². The molecule has 0 aliphatic carbocycles. The first-order valence-corrected chi connectivity index (χ1v) is 9.49. The molecule has 4 heteroatoms. The van der Waals surface area contributed by atoms with Crippen molar-refractivity contribution in [3.63, 3.8) is 0 Å². The maximum atomic E-state index is 11.2. The Bertz CT molecular complexity index is 337. The summed E-state index contributed by atoms with van der Waals surface area (Å²) in [5.74, 6) is -0.442. The number of allylic oxidation sites excluding steroid dienone is 4. The first kappa shape index (κ1) is 22.9. The fourth-order valence-electron chi connectivity index (χ4n) is 2.33. The summed E-state index contributed by atoms with van der Waals surface area (Å²) >= 11 is 0. The van der Waals surface area contributed by atoms with Crippen LogP contribution in [0.2, 0.25) is 0 Å². The minimum atomic E-state index is -1.38. The predicted molar refractivity (Wildman–Crippen MR) is 98.5 cm³/mol. The van der Waals surface area contributed by atoms with Gasteiger partial charge in [0, 0.05) is 6.42 Å². The monoisotopic (exact) mass is 340 g/mol. The van der Waals surface area contributed by atoms with Gasteiger partial charge in [-0.05, 0) is 38.5 Å². The van der Waals surface area contributed by atoms with E-state index in [9.17, 15) is 4.79 Å². The quantitative estimate of drug-likeness (QED) is 0.186. The van der Waals surface area contributed by atoms with E-state index in [1.165, 1.54) is 38.5 Å². The molecule has 2 N–H and O–H groups in total. The average molecular weight is 341 g/mol. The van der Waals surface area contributed by atoms with Crippen LogP contribution in [0.5, 0.6) is 0 Å². The lowest BCUT2D eigenvalue weighted by Crippen LogP contribution is -2.20. The molecule has 24 heavy (non-hydrogen) atoms. The molecule has 4 nitrogen and oxygen atoms in total. The SMILES string of the molecule is CCCCC/C=C\C/C=C\CCCCCCCC(=O)OC(O)CO. The number of hydrogen-bond donors (Lipinski definition) is 2. The van der Waals surface area contributed by atoms with Crippen molar-refractivity contribution in [2.24, 2.45) is 0 Å². The Morgan fingerprint density at radius 1 is 0.917 bits per heavy atom. The van der Waals surface area contributed by atoms with Crippen LogP contribution in [-0.2, 0) is 9.53 Å². The van der Waals surface area contributed by atoms with Gasteiger partial charge in [0.25, 0.3) is 0 Å². The molecule has 1 atom stereocenters. The molecule has 0 spiro atoms. The Morgan fingerprint density at radius 2 is 1.50 bits per heavy atom. The molecule has 0 aromatic rings. The lowest BCUT2D eigenvalue weighted by atomic mass is 10.1. The average Bonchev–Trinajstić information content (AvgIpc) is 2.58. The van der Waals surface area contributed by atoms with Crippen LogP contribution < -0.4 is 0 Å². The maximum Gasteiger partial charge on any atom is 0.308 e. The predicted octanol–water partition coefficient (Wildman–Crippen LogP) is 4.65. The van der Waals surface area contributed by atoms with Crippen LogP contribution in [0.1, 0.15) is 84.0 Å². The zero-order valence-corrected chi connectivity index (χ0v) is 15.3. The third kappa shape index (κ3) is 17.2. The van der Waals surface area contributed by atoms with E-state index in [0.29, 0.717) is 6.42 Å². The third-order valence-corrected chi connectivity index (χ3v) is 3.76. The molecule has 140 valence electrons. The largest absolute Gasteiger partial charge is 0.433 e. The lowest BCUT2D eigenvalue weighted by molar-refractivity contribution is -0.173. The molecule has 0 aliphatic heterocycles. The summed E-state index contributed by atoms with van der Waals surface area (Å²) in [7, 11) is 0. The van der Waals surface area contributed by atoms with Gasteiger partial charge in [0.15, 0.2) is 0 Å². The topological polar surface area (TPSA) is 66.8 Å². The molecular weight excluding hydrogens is 304 g/mol. The van der Waals surface area contributed by atoms with E-state index in [1.807, 2.05) is 0 Å². The molecule has 0 amide bonds. The molecule has 0 aromatic carbocycles. The molecule has 0 rings (SSSR count). The zero-order valence-electron chi connectivity index (χ0n) is 15.3. The Morgan fingerprint density at radius 3 is 2.12 bits per heavy atom. The van der Waals surface area contributed by atoms with E-state index in [-0.39, 0.29) is 0 Å². The van der Waals surface area contributed by atoms with E-state index in [1.54, 1.807) is 0 Å². The van der Waals surface area contributed by atoms with E-state index < -0.39 is 18.9 Å². The number of esters is 1. The highest BCUT2D eigenvalue weighted by atomic mass is 16.6. The van der Waals surface area contributed by atoms with Gasteiger partial charge in [-0.25, -0.2) is 0 Å². The van der Waals surface area contributed by atoms with Crippen molar-refractivity contribution < 1.29 is 19.7 Å². The number of rotatable bonds is 16. The number of aliphatic hydroxyl groups excluding tert-OH is 2. The second-order valence-corrected chi connectivity index (χ2v) is 6.11. The number of aliphatic hydroxyl groups is 2. The highest BCUT2D eigenvalue weighted by molar-refractivity contribution is 5.69. The van der Waals surface area contributed by atoms with Crippen LogP contribution >= 0.6 is 0 Å². The standard InChI is InChI=1S/C20H36O4/c1-2-3-4-5-6-7-8-9-10-11-12-13-14-15-16-17-19(22)24-20(23)18-21/h6-7,9-10,20-21,23H,2-5,8,11-18H2,1H3/b7-6-,10-9-. The van der Waals surface area contributed by atoms with Crippen molar-refractivity contribution in [3.8, 4) is 0 Å². The van der Waals surface area contributed by atoms with Gasteiger partial charge in [0.2, 0.25) is 6.29 Å². The van der Waals surface area contributed by atoms with Crippen molar-refractivity contribution >= 4 is 5.97 Å². The number of hydrogen-bond acceptors (Lipinski definition) is 4. The molecule has 0 bridgehead atoms. The van der Waals surface area contributed by atoms with Crippen molar-refractivity contribution in [2.75, 3.05) is 6.61 Å². The summed E-state index contributed by atoms with van der Waals surface area (Å²) in [5, 5.41) is 17.5. The highest BCUT2D eigenvalue weighted by Gasteiger charge is 2.08. The minimum Gasteiger partial charge on any atom is -0.433 e. The molecule has 0 saturated heterocycles. The zero-order chi connectivity index (χ0) is 17.9. The van der Waals surface area contributed by atoms with E-state index in [4.69, 9.17) is 10.2 Å². The smallest absolute Gasteiger partial charge is 0.308 e. The second-order valence-electron chi connectivity index (χ2n) is 6.11. The Kier molecular flexibility index (Phi) is 17.4. The van der Waals surface area contributed by atoms with Crippen LogP contribution in [0.3, 0.4) is 0 Å². The van der Waals surface area contributed by atoms with Crippen molar-refractivity contribution in [1.29, 1.82) is 0 Å².